The van der Waals surface area contributed by atoms with Gasteiger partial charge in [0.2, 0.25) is 0 Å². The maximum atomic E-state index is 4.59. The third-order valence-corrected chi connectivity index (χ3v) is 3.51. The third-order valence-electron chi connectivity index (χ3n) is 3.51. The van der Waals surface area contributed by atoms with E-state index in [0.717, 1.165) is 6.42 Å². The third kappa shape index (κ3) is 4.45. The lowest BCUT2D eigenvalue weighted by Gasteiger charge is -2.30. The summed E-state index contributed by atoms with van der Waals surface area (Å²) in [7, 11) is 2.06. The van der Waals surface area contributed by atoms with Crippen molar-refractivity contribution in [2.24, 2.45) is 5.41 Å². The summed E-state index contributed by atoms with van der Waals surface area (Å²) in [6.07, 6.45) is 5.56. The summed E-state index contributed by atoms with van der Waals surface area (Å²) >= 11 is 0. The van der Waals surface area contributed by atoms with Crippen LogP contribution in [0.3, 0.4) is 0 Å². The van der Waals surface area contributed by atoms with Gasteiger partial charge in [-0.3, -0.25) is 4.68 Å². The first-order chi connectivity index (χ1) is 8.34. The molecular weight excluding hydrogens is 222 g/mol. The van der Waals surface area contributed by atoms with Crippen molar-refractivity contribution in [3.05, 3.63) is 18.0 Å². The van der Waals surface area contributed by atoms with Gasteiger partial charge in [0.25, 0.3) is 0 Å². The second-order valence-corrected chi connectivity index (χ2v) is 6.48. The van der Waals surface area contributed by atoms with Crippen LogP contribution in [-0.4, -0.2) is 22.9 Å². The molecule has 1 N–H and O–H groups in total. The Bertz CT molecular complexity index is 347. The molecule has 1 aromatic rings. The molecule has 3 nitrogen and oxygen atoms in total. The van der Waals surface area contributed by atoms with Gasteiger partial charge in [0.1, 0.15) is 0 Å². The summed E-state index contributed by atoms with van der Waals surface area (Å²) in [4.78, 5) is 0. The van der Waals surface area contributed by atoms with E-state index in [9.17, 15) is 0 Å². The van der Waals surface area contributed by atoms with E-state index in [1.165, 1.54) is 18.5 Å². The van der Waals surface area contributed by atoms with Crippen molar-refractivity contribution in [3.8, 4) is 0 Å². The first-order valence-electron chi connectivity index (χ1n) is 7.06. The van der Waals surface area contributed by atoms with Crippen LogP contribution in [-0.2, 0) is 6.42 Å². The highest BCUT2D eigenvalue weighted by atomic mass is 15.3. The van der Waals surface area contributed by atoms with Gasteiger partial charge >= 0.3 is 0 Å². The number of aromatic nitrogens is 2. The quantitative estimate of drug-likeness (QED) is 0.839. The lowest BCUT2D eigenvalue weighted by Crippen LogP contribution is -2.37. The minimum absolute atomic E-state index is 0.325. The molecule has 0 bridgehead atoms. The first-order valence-corrected chi connectivity index (χ1v) is 7.06. The molecule has 0 aliphatic carbocycles. The van der Waals surface area contributed by atoms with Gasteiger partial charge in [-0.2, -0.15) is 5.10 Å². The Balaban J connectivity index is 2.41. The fraction of sp³-hybridized carbons (Fsp3) is 0.800. The molecule has 0 fully saturated rings. The van der Waals surface area contributed by atoms with Crippen LogP contribution in [0.1, 0.15) is 59.2 Å². The zero-order chi connectivity index (χ0) is 13.8. The molecule has 0 aromatic carbocycles. The SMILES string of the molecule is CNC(CCCc1ccn(C(C)C)n1)C(C)(C)C. The van der Waals surface area contributed by atoms with E-state index in [0.29, 0.717) is 17.5 Å². The molecule has 0 amide bonds. The van der Waals surface area contributed by atoms with Crippen LogP contribution in [0.5, 0.6) is 0 Å². The van der Waals surface area contributed by atoms with Gasteiger partial charge in [0, 0.05) is 18.3 Å². The maximum absolute atomic E-state index is 4.59. The first kappa shape index (κ1) is 15.2. The number of rotatable bonds is 6. The average Bonchev–Trinajstić information content (AvgIpc) is 2.71. The second-order valence-electron chi connectivity index (χ2n) is 6.48. The smallest absolute Gasteiger partial charge is 0.0624 e. The normalized spacial score (nSPS) is 14.2. The molecule has 1 unspecified atom stereocenters. The predicted octanol–water partition coefficient (Wildman–Crippen LogP) is 3.42. The summed E-state index contributed by atoms with van der Waals surface area (Å²) in [5.41, 5.74) is 1.54. The van der Waals surface area contributed by atoms with Crippen molar-refractivity contribution in [1.29, 1.82) is 0 Å². The van der Waals surface area contributed by atoms with E-state index in [1.54, 1.807) is 0 Å². The average molecular weight is 251 g/mol. The lowest BCUT2D eigenvalue weighted by molar-refractivity contribution is 0.263. The van der Waals surface area contributed by atoms with Crippen LogP contribution in [0.25, 0.3) is 0 Å². The molecule has 1 atom stereocenters. The molecule has 104 valence electrons. The van der Waals surface area contributed by atoms with Gasteiger partial charge in [0.15, 0.2) is 0 Å². The van der Waals surface area contributed by atoms with E-state index in [-0.39, 0.29) is 0 Å². The van der Waals surface area contributed by atoms with Crippen LogP contribution in [0.15, 0.2) is 12.3 Å². The molecule has 0 aliphatic rings. The molecule has 18 heavy (non-hydrogen) atoms. The van der Waals surface area contributed by atoms with Crippen molar-refractivity contribution in [1.82, 2.24) is 15.1 Å². The molecule has 1 heterocycles. The number of nitrogens with zero attached hydrogens (tertiary/aromatic N) is 2. The molecule has 0 aliphatic heterocycles. The van der Waals surface area contributed by atoms with E-state index >= 15 is 0 Å². The summed E-state index contributed by atoms with van der Waals surface area (Å²) in [5, 5.41) is 8.02. The van der Waals surface area contributed by atoms with E-state index in [4.69, 9.17) is 0 Å². The molecule has 3 heteroatoms. The minimum atomic E-state index is 0.325. The molecule has 0 radical (unpaired) electrons. The maximum Gasteiger partial charge on any atom is 0.0624 e. The molecule has 0 saturated carbocycles. The van der Waals surface area contributed by atoms with E-state index < -0.39 is 0 Å². The van der Waals surface area contributed by atoms with Gasteiger partial charge in [-0.1, -0.05) is 20.8 Å². The van der Waals surface area contributed by atoms with Crippen molar-refractivity contribution < 1.29 is 0 Å². The number of hydrogen-bond acceptors (Lipinski definition) is 2. The fourth-order valence-electron chi connectivity index (χ4n) is 2.30. The van der Waals surface area contributed by atoms with Gasteiger partial charge in [-0.15, -0.1) is 0 Å². The topological polar surface area (TPSA) is 29.9 Å². The Kier molecular flexibility index (Phi) is 5.39. The van der Waals surface area contributed by atoms with Crippen molar-refractivity contribution >= 4 is 0 Å². The summed E-state index contributed by atoms with van der Waals surface area (Å²) in [5.74, 6) is 0. The summed E-state index contributed by atoms with van der Waals surface area (Å²) in [6.45, 7) is 11.2. The standard InChI is InChI=1S/C15H29N3/c1-12(2)18-11-10-13(17-18)8-7-9-14(16-6)15(3,4)5/h10-12,14,16H,7-9H2,1-6H3. The molecule has 0 saturated heterocycles. The van der Waals surface area contributed by atoms with Crippen LogP contribution in [0.4, 0.5) is 0 Å². The summed E-state index contributed by atoms with van der Waals surface area (Å²) in [6, 6.07) is 3.17. The monoisotopic (exact) mass is 251 g/mol. The highest BCUT2D eigenvalue weighted by Crippen LogP contribution is 2.23. The fourth-order valence-corrected chi connectivity index (χ4v) is 2.30. The Morgan fingerprint density at radius 3 is 2.44 bits per heavy atom. The lowest BCUT2D eigenvalue weighted by atomic mass is 9.84. The van der Waals surface area contributed by atoms with Crippen molar-refractivity contribution in [2.45, 2.75) is 66.0 Å². The van der Waals surface area contributed by atoms with Gasteiger partial charge in [-0.25, -0.2) is 0 Å². The Morgan fingerprint density at radius 2 is 2.00 bits per heavy atom. The Labute approximate surface area is 112 Å². The number of nitrogens with one attached hydrogen (secondary N) is 1. The molecule has 1 rings (SSSR count). The largest absolute Gasteiger partial charge is 0.316 e. The van der Waals surface area contributed by atoms with Crippen LogP contribution < -0.4 is 5.32 Å². The van der Waals surface area contributed by atoms with Crippen LogP contribution in [0, 0.1) is 5.41 Å². The minimum Gasteiger partial charge on any atom is -0.316 e. The number of hydrogen-bond donors (Lipinski definition) is 1. The van der Waals surface area contributed by atoms with Crippen molar-refractivity contribution in [3.63, 3.8) is 0 Å². The highest BCUT2D eigenvalue weighted by Gasteiger charge is 2.22. The second kappa shape index (κ2) is 6.37. The van der Waals surface area contributed by atoms with Gasteiger partial charge in [0.05, 0.1) is 5.69 Å². The van der Waals surface area contributed by atoms with Crippen LogP contribution >= 0.6 is 0 Å². The Morgan fingerprint density at radius 1 is 1.33 bits per heavy atom. The van der Waals surface area contributed by atoms with E-state index in [2.05, 4.69) is 64.3 Å². The molecule has 0 spiro atoms. The van der Waals surface area contributed by atoms with E-state index in [1.807, 2.05) is 4.68 Å². The molecule has 1 aromatic heterocycles. The van der Waals surface area contributed by atoms with Gasteiger partial charge < -0.3 is 5.32 Å². The predicted molar refractivity (Wildman–Crippen MR) is 77.9 cm³/mol. The van der Waals surface area contributed by atoms with Crippen molar-refractivity contribution in [2.75, 3.05) is 7.05 Å². The number of aryl methyl sites for hydroxylation is 1. The summed E-state index contributed by atoms with van der Waals surface area (Å²) < 4.78 is 2.04. The zero-order valence-corrected chi connectivity index (χ0v) is 12.8. The van der Waals surface area contributed by atoms with Crippen LogP contribution in [0.2, 0.25) is 0 Å². The highest BCUT2D eigenvalue weighted by molar-refractivity contribution is 4.99. The zero-order valence-electron chi connectivity index (χ0n) is 12.8. The Hall–Kier alpha value is -0.830. The molecular formula is C15H29N3. The van der Waals surface area contributed by atoms with Gasteiger partial charge in [-0.05, 0) is 51.6 Å².